The molecule has 19 heavy (non-hydrogen) atoms. The minimum Gasteiger partial charge on any atom is -0.455 e. The molecule has 0 aromatic heterocycles. The first kappa shape index (κ1) is 12.8. The molecule has 98 valence electrons. The molecule has 0 heterocycles. The zero-order valence-electron chi connectivity index (χ0n) is 9.95. The summed E-state index contributed by atoms with van der Waals surface area (Å²) in [5.41, 5.74) is 6.39. The van der Waals surface area contributed by atoms with E-state index in [0.717, 1.165) is 0 Å². The molecule has 0 aliphatic heterocycles. The van der Waals surface area contributed by atoms with Crippen molar-refractivity contribution in [3.05, 3.63) is 58.1 Å². The van der Waals surface area contributed by atoms with Gasteiger partial charge >= 0.3 is 0 Å². The van der Waals surface area contributed by atoms with Crippen molar-refractivity contribution >= 4 is 11.4 Å². The van der Waals surface area contributed by atoms with E-state index in [2.05, 4.69) is 0 Å². The van der Waals surface area contributed by atoms with Crippen LogP contribution in [0, 0.1) is 10.1 Å². The molecule has 0 fully saturated rings. The molecule has 0 radical (unpaired) electrons. The molecule has 0 aliphatic rings. The standard InChI is InChI=1S/C13H12N2O4/c14-11-7-10(15(17)18)5-6-13(11)19-12-4-2-1-3-9(12)8-16/h1-7,16H,8,14H2. The maximum absolute atomic E-state index is 10.6. The van der Waals surface area contributed by atoms with Crippen LogP contribution in [0.15, 0.2) is 42.5 Å². The molecule has 0 bridgehead atoms. The van der Waals surface area contributed by atoms with E-state index in [1.54, 1.807) is 24.3 Å². The van der Waals surface area contributed by atoms with E-state index < -0.39 is 4.92 Å². The molecule has 0 saturated carbocycles. The van der Waals surface area contributed by atoms with Gasteiger partial charge in [0.05, 0.1) is 17.2 Å². The number of rotatable bonds is 4. The molecule has 2 aromatic rings. The Kier molecular flexibility index (Phi) is 3.63. The number of nitrogen functional groups attached to an aromatic ring is 1. The lowest BCUT2D eigenvalue weighted by atomic mass is 10.2. The molecule has 3 N–H and O–H groups in total. The number of ether oxygens (including phenoxy) is 1. The van der Waals surface area contributed by atoms with Gasteiger partial charge in [0.1, 0.15) is 5.75 Å². The number of nitro benzene ring substituents is 1. The van der Waals surface area contributed by atoms with Crippen LogP contribution in [-0.4, -0.2) is 10.0 Å². The molecule has 6 nitrogen and oxygen atoms in total. The number of benzene rings is 2. The first-order valence-corrected chi connectivity index (χ1v) is 5.52. The second kappa shape index (κ2) is 5.36. The van der Waals surface area contributed by atoms with Gasteiger partial charge in [-0.1, -0.05) is 18.2 Å². The number of non-ortho nitro benzene ring substituents is 1. The van der Waals surface area contributed by atoms with E-state index in [-0.39, 0.29) is 18.0 Å². The lowest BCUT2D eigenvalue weighted by molar-refractivity contribution is -0.384. The molecule has 0 spiro atoms. The second-order valence-corrected chi connectivity index (χ2v) is 3.85. The Balaban J connectivity index is 2.31. The maximum atomic E-state index is 10.6. The minimum absolute atomic E-state index is 0.0970. The molecule has 0 unspecified atom stereocenters. The summed E-state index contributed by atoms with van der Waals surface area (Å²) in [6.07, 6.45) is 0. The van der Waals surface area contributed by atoms with Crippen LogP contribution in [0.4, 0.5) is 11.4 Å². The maximum Gasteiger partial charge on any atom is 0.271 e. The number of aliphatic hydroxyl groups excluding tert-OH is 1. The lowest BCUT2D eigenvalue weighted by Gasteiger charge is -2.11. The Hall–Kier alpha value is -2.60. The van der Waals surface area contributed by atoms with Gasteiger partial charge < -0.3 is 15.6 Å². The van der Waals surface area contributed by atoms with E-state index in [9.17, 15) is 15.2 Å². The Morgan fingerprint density at radius 3 is 2.58 bits per heavy atom. The zero-order valence-corrected chi connectivity index (χ0v) is 9.95. The number of aliphatic hydroxyl groups is 1. The summed E-state index contributed by atoms with van der Waals surface area (Å²) in [4.78, 5) is 10.1. The van der Waals surface area contributed by atoms with Crippen molar-refractivity contribution in [3.8, 4) is 11.5 Å². The third kappa shape index (κ3) is 2.80. The van der Waals surface area contributed by atoms with Gasteiger partial charge in [-0.3, -0.25) is 10.1 Å². The van der Waals surface area contributed by atoms with Crippen molar-refractivity contribution < 1.29 is 14.8 Å². The van der Waals surface area contributed by atoms with Crippen LogP contribution < -0.4 is 10.5 Å². The average Bonchev–Trinajstić information content (AvgIpc) is 2.41. The predicted molar refractivity (Wildman–Crippen MR) is 69.9 cm³/mol. The largest absolute Gasteiger partial charge is 0.455 e. The van der Waals surface area contributed by atoms with Gasteiger partial charge in [-0.25, -0.2) is 0 Å². The number of nitro groups is 1. The van der Waals surface area contributed by atoms with Gasteiger partial charge in [-0.2, -0.15) is 0 Å². The molecule has 2 aromatic carbocycles. The third-order valence-electron chi connectivity index (χ3n) is 2.57. The van der Waals surface area contributed by atoms with Gasteiger partial charge in [0.15, 0.2) is 5.75 Å². The Morgan fingerprint density at radius 2 is 1.95 bits per heavy atom. The van der Waals surface area contributed by atoms with E-state index in [1.807, 2.05) is 0 Å². The van der Waals surface area contributed by atoms with Gasteiger partial charge in [-0.15, -0.1) is 0 Å². The molecule has 0 aliphatic carbocycles. The molecular formula is C13H12N2O4. The highest BCUT2D eigenvalue weighted by Crippen LogP contribution is 2.32. The summed E-state index contributed by atoms with van der Waals surface area (Å²) in [6, 6.07) is 10.9. The highest BCUT2D eigenvalue weighted by Gasteiger charge is 2.11. The third-order valence-corrected chi connectivity index (χ3v) is 2.57. The highest BCUT2D eigenvalue weighted by atomic mass is 16.6. The van der Waals surface area contributed by atoms with Crippen molar-refractivity contribution in [3.63, 3.8) is 0 Å². The van der Waals surface area contributed by atoms with Crippen molar-refractivity contribution in [2.75, 3.05) is 5.73 Å². The topological polar surface area (TPSA) is 98.6 Å². The summed E-state index contributed by atoms with van der Waals surface area (Å²) in [5, 5.41) is 19.8. The number of para-hydroxylation sites is 1. The molecular weight excluding hydrogens is 248 g/mol. The van der Waals surface area contributed by atoms with Crippen LogP contribution >= 0.6 is 0 Å². The number of nitrogens with two attached hydrogens (primary N) is 1. The van der Waals surface area contributed by atoms with Crippen molar-refractivity contribution in [2.24, 2.45) is 0 Å². The van der Waals surface area contributed by atoms with Crippen molar-refractivity contribution in [1.29, 1.82) is 0 Å². The minimum atomic E-state index is -0.526. The summed E-state index contributed by atoms with van der Waals surface area (Å²) in [6.45, 7) is -0.164. The smallest absolute Gasteiger partial charge is 0.271 e. The average molecular weight is 260 g/mol. The number of nitrogens with zero attached hydrogens (tertiary/aromatic N) is 1. The monoisotopic (exact) mass is 260 g/mol. The fourth-order valence-corrected chi connectivity index (χ4v) is 1.59. The lowest BCUT2D eigenvalue weighted by Crippen LogP contribution is -1.97. The van der Waals surface area contributed by atoms with Crippen LogP contribution in [0.5, 0.6) is 11.5 Å². The predicted octanol–water partition coefficient (Wildman–Crippen LogP) is 2.46. The number of hydrogen-bond acceptors (Lipinski definition) is 5. The van der Waals surface area contributed by atoms with E-state index >= 15 is 0 Å². The fourth-order valence-electron chi connectivity index (χ4n) is 1.59. The summed E-state index contributed by atoms with van der Waals surface area (Å²) < 4.78 is 5.56. The van der Waals surface area contributed by atoms with Crippen LogP contribution in [0.2, 0.25) is 0 Å². The van der Waals surface area contributed by atoms with Crippen molar-refractivity contribution in [2.45, 2.75) is 6.61 Å². The molecule has 2 rings (SSSR count). The first-order valence-electron chi connectivity index (χ1n) is 5.52. The van der Waals surface area contributed by atoms with Crippen LogP contribution in [-0.2, 0) is 6.61 Å². The van der Waals surface area contributed by atoms with E-state index in [4.69, 9.17) is 10.5 Å². The summed E-state index contributed by atoms with van der Waals surface area (Å²) in [5.74, 6) is 0.775. The molecule has 0 saturated heterocycles. The van der Waals surface area contributed by atoms with Gasteiger partial charge in [0.2, 0.25) is 0 Å². The highest BCUT2D eigenvalue weighted by molar-refractivity contribution is 5.59. The quantitative estimate of drug-likeness (QED) is 0.499. The summed E-state index contributed by atoms with van der Waals surface area (Å²) in [7, 11) is 0. The van der Waals surface area contributed by atoms with E-state index in [0.29, 0.717) is 17.1 Å². The van der Waals surface area contributed by atoms with Crippen LogP contribution in [0.3, 0.4) is 0 Å². The van der Waals surface area contributed by atoms with Crippen molar-refractivity contribution in [1.82, 2.24) is 0 Å². The second-order valence-electron chi connectivity index (χ2n) is 3.85. The van der Waals surface area contributed by atoms with Gasteiger partial charge in [-0.05, 0) is 12.1 Å². The molecule has 0 amide bonds. The Bertz CT molecular complexity index is 613. The van der Waals surface area contributed by atoms with E-state index in [1.165, 1.54) is 18.2 Å². The number of anilines is 1. The zero-order chi connectivity index (χ0) is 13.8. The number of hydrogen-bond donors (Lipinski definition) is 2. The summed E-state index contributed by atoms with van der Waals surface area (Å²) >= 11 is 0. The van der Waals surface area contributed by atoms with Gasteiger partial charge in [0, 0.05) is 17.7 Å². The van der Waals surface area contributed by atoms with Gasteiger partial charge in [0.25, 0.3) is 5.69 Å². The first-order chi connectivity index (χ1) is 9.11. The SMILES string of the molecule is Nc1cc([N+](=O)[O-])ccc1Oc1ccccc1CO. The fraction of sp³-hybridized carbons (Fsp3) is 0.0769. The van der Waals surface area contributed by atoms with Crippen LogP contribution in [0.1, 0.15) is 5.56 Å². The Morgan fingerprint density at radius 1 is 1.21 bits per heavy atom. The Labute approximate surface area is 109 Å². The van der Waals surface area contributed by atoms with Crippen LogP contribution in [0.25, 0.3) is 0 Å². The molecule has 6 heteroatoms. The molecule has 0 atom stereocenters. The normalized spacial score (nSPS) is 10.2.